The first kappa shape index (κ1) is 12.2. The fourth-order valence-corrected chi connectivity index (χ4v) is 3.99. The van der Waals surface area contributed by atoms with Crippen molar-refractivity contribution in [2.24, 2.45) is 5.92 Å². The lowest BCUT2D eigenvalue weighted by Crippen LogP contribution is -2.15. The Balaban J connectivity index is 2.99. The minimum atomic E-state index is 0.493. The zero-order valence-electron chi connectivity index (χ0n) is 9.47. The van der Waals surface area contributed by atoms with Gasteiger partial charge in [0.15, 0.2) is 0 Å². The normalized spacial score (nSPS) is 15.9. The smallest absolute Gasteiger partial charge is 0.0975 e. The quantitative estimate of drug-likeness (QED) is 0.751. The molecule has 0 aliphatic heterocycles. The Bertz CT molecular complexity index is 277. The SMILES string of the molecule is Cc1nc(C(C(C)C)C(C)Br)sc1C. The molecule has 0 N–H and O–H groups in total. The minimum Gasteiger partial charge on any atom is -0.246 e. The van der Waals surface area contributed by atoms with Crippen LogP contribution in [-0.4, -0.2) is 9.81 Å². The second kappa shape index (κ2) is 4.75. The molecule has 0 saturated carbocycles. The summed E-state index contributed by atoms with van der Waals surface area (Å²) < 4.78 is 0. The second-order valence-electron chi connectivity index (χ2n) is 4.14. The molecule has 0 aliphatic rings. The van der Waals surface area contributed by atoms with Crippen LogP contribution < -0.4 is 0 Å². The number of aryl methyl sites for hydroxylation is 2. The number of alkyl halides is 1. The highest BCUT2D eigenvalue weighted by Crippen LogP contribution is 2.35. The maximum Gasteiger partial charge on any atom is 0.0975 e. The summed E-state index contributed by atoms with van der Waals surface area (Å²) in [4.78, 5) is 6.48. The zero-order valence-corrected chi connectivity index (χ0v) is 11.9. The summed E-state index contributed by atoms with van der Waals surface area (Å²) in [5.74, 6) is 1.17. The van der Waals surface area contributed by atoms with Gasteiger partial charge in [-0.3, -0.25) is 0 Å². The van der Waals surface area contributed by atoms with Crippen molar-refractivity contribution in [3.05, 3.63) is 15.6 Å². The van der Waals surface area contributed by atoms with Crippen molar-refractivity contribution in [3.8, 4) is 0 Å². The van der Waals surface area contributed by atoms with E-state index in [9.17, 15) is 0 Å². The van der Waals surface area contributed by atoms with Gasteiger partial charge in [0.05, 0.1) is 10.7 Å². The van der Waals surface area contributed by atoms with Crippen molar-refractivity contribution >= 4 is 27.3 Å². The summed E-state index contributed by atoms with van der Waals surface area (Å²) in [7, 11) is 0. The van der Waals surface area contributed by atoms with Crippen LogP contribution in [0.25, 0.3) is 0 Å². The van der Waals surface area contributed by atoms with Crippen molar-refractivity contribution < 1.29 is 0 Å². The molecule has 1 aromatic rings. The molecular formula is C11H18BrNS. The van der Waals surface area contributed by atoms with E-state index in [2.05, 4.69) is 55.5 Å². The Morgan fingerprint density at radius 2 is 1.79 bits per heavy atom. The van der Waals surface area contributed by atoms with Gasteiger partial charge in [-0.25, -0.2) is 4.98 Å². The van der Waals surface area contributed by atoms with Crippen LogP contribution in [0.3, 0.4) is 0 Å². The van der Waals surface area contributed by atoms with Crippen LogP contribution in [0, 0.1) is 19.8 Å². The van der Waals surface area contributed by atoms with E-state index in [0.29, 0.717) is 16.7 Å². The molecule has 0 saturated heterocycles. The summed E-state index contributed by atoms with van der Waals surface area (Å²) in [5.41, 5.74) is 1.18. The lowest BCUT2D eigenvalue weighted by molar-refractivity contribution is 0.496. The van der Waals surface area contributed by atoms with E-state index in [1.54, 1.807) is 0 Å². The Labute approximate surface area is 99.1 Å². The van der Waals surface area contributed by atoms with Gasteiger partial charge in [-0.15, -0.1) is 11.3 Å². The Morgan fingerprint density at radius 1 is 1.21 bits per heavy atom. The van der Waals surface area contributed by atoms with Crippen molar-refractivity contribution in [2.75, 3.05) is 0 Å². The molecule has 0 fully saturated rings. The number of hydrogen-bond acceptors (Lipinski definition) is 2. The van der Waals surface area contributed by atoms with Gasteiger partial charge < -0.3 is 0 Å². The first-order valence-electron chi connectivity index (χ1n) is 5.01. The first-order chi connectivity index (χ1) is 6.43. The van der Waals surface area contributed by atoms with E-state index in [1.165, 1.54) is 15.6 Å². The zero-order chi connectivity index (χ0) is 10.9. The van der Waals surface area contributed by atoms with Crippen LogP contribution in [0.4, 0.5) is 0 Å². The number of halogens is 1. The second-order valence-corrected chi connectivity index (χ2v) is 6.82. The number of hydrogen-bond donors (Lipinski definition) is 0. The number of aromatic nitrogens is 1. The van der Waals surface area contributed by atoms with Gasteiger partial charge in [-0.2, -0.15) is 0 Å². The average Bonchev–Trinajstić information content (AvgIpc) is 2.29. The van der Waals surface area contributed by atoms with Gasteiger partial charge in [0, 0.05) is 15.6 Å². The molecule has 1 rings (SSSR count). The molecule has 0 aliphatic carbocycles. The molecule has 80 valence electrons. The highest BCUT2D eigenvalue weighted by Gasteiger charge is 2.24. The fourth-order valence-electron chi connectivity index (χ4n) is 1.65. The molecule has 14 heavy (non-hydrogen) atoms. The van der Waals surface area contributed by atoms with E-state index in [0.717, 1.165) is 0 Å². The van der Waals surface area contributed by atoms with Gasteiger partial charge >= 0.3 is 0 Å². The maximum atomic E-state index is 4.64. The molecule has 2 unspecified atom stereocenters. The fraction of sp³-hybridized carbons (Fsp3) is 0.727. The molecule has 1 heterocycles. The molecule has 1 aromatic heterocycles. The van der Waals surface area contributed by atoms with Gasteiger partial charge in [-0.1, -0.05) is 36.7 Å². The van der Waals surface area contributed by atoms with E-state index < -0.39 is 0 Å². The van der Waals surface area contributed by atoms with E-state index in [4.69, 9.17) is 0 Å². The van der Waals surface area contributed by atoms with Gasteiger partial charge in [0.1, 0.15) is 0 Å². The van der Waals surface area contributed by atoms with Crippen molar-refractivity contribution in [3.63, 3.8) is 0 Å². The van der Waals surface area contributed by atoms with Crippen molar-refractivity contribution in [2.45, 2.75) is 45.4 Å². The third-order valence-electron chi connectivity index (χ3n) is 2.54. The summed E-state index contributed by atoms with van der Waals surface area (Å²) in [6.45, 7) is 11.0. The molecular weight excluding hydrogens is 258 g/mol. The highest BCUT2D eigenvalue weighted by atomic mass is 79.9. The third kappa shape index (κ3) is 2.57. The largest absolute Gasteiger partial charge is 0.246 e. The third-order valence-corrected chi connectivity index (χ3v) is 4.29. The standard InChI is InChI=1S/C11H18BrNS/c1-6(2)10(7(3)12)11-13-8(4)9(5)14-11/h6-7,10H,1-5H3. The summed E-state index contributed by atoms with van der Waals surface area (Å²) in [6.07, 6.45) is 0. The number of nitrogens with zero attached hydrogens (tertiary/aromatic N) is 1. The van der Waals surface area contributed by atoms with Gasteiger partial charge in [-0.05, 0) is 19.8 Å². The number of thiazole rings is 1. The molecule has 2 atom stereocenters. The van der Waals surface area contributed by atoms with Gasteiger partial charge in [0.25, 0.3) is 0 Å². The van der Waals surface area contributed by atoms with Crippen molar-refractivity contribution in [1.29, 1.82) is 0 Å². The summed E-state index contributed by atoms with van der Waals surface area (Å²) >= 11 is 5.52. The maximum absolute atomic E-state index is 4.64. The lowest BCUT2D eigenvalue weighted by atomic mass is 9.94. The van der Waals surface area contributed by atoms with Crippen molar-refractivity contribution in [1.82, 2.24) is 4.98 Å². The molecule has 0 amide bonds. The summed E-state index contributed by atoms with van der Waals surface area (Å²) in [5, 5.41) is 1.28. The van der Waals surface area contributed by atoms with E-state index >= 15 is 0 Å². The molecule has 0 spiro atoms. The average molecular weight is 276 g/mol. The van der Waals surface area contributed by atoms with E-state index in [1.807, 2.05) is 11.3 Å². The summed E-state index contributed by atoms with van der Waals surface area (Å²) in [6, 6.07) is 0. The van der Waals surface area contributed by atoms with Crippen LogP contribution in [-0.2, 0) is 0 Å². The van der Waals surface area contributed by atoms with Gasteiger partial charge in [0.2, 0.25) is 0 Å². The Hall–Kier alpha value is 0.110. The number of rotatable bonds is 3. The Morgan fingerprint density at radius 3 is 2.07 bits per heavy atom. The van der Waals surface area contributed by atoms with Crippen LogP contribution in [0.15, 0.2) is 0 Å². The molecule has 1 nitrogen and oxygen atoms in total. The van der Waals surface area contributed by atoms with Crippen LogP contribution in [0.2, 0.25) is 0 Å². The first-order valence-corrected chi connectivity index (χ1v) is 6.74. The molecule has 3 heteroatoms. The highest BCUT2D eigenvalue weighted by molar-refractivity contribution is 9.09. The minimum absolute atomic E-state index is 0.493. The molecule has 0 aromatic carbocycles. The van der Waals surface area contributed by atoms with Crippen LogP contribution in [0.5, 0.6) is 0 Å². The topological polar surface area (TPSA) is 12.9 Å². The molecule has 0 radical (unpaired) electrons. The monoisotopic (exact) mass is 275 g/mol. The Kier molecular flexibility index (Phi) is 4.14. The van der Waals surface area contributed by atoms with E-state index in [-0.39, 0.29) is 0 Å². The lowest BCUT2D eigenvalue weighted by Gasteiger charge is -2.20. The van der Waals surface area contributed by atoms with Crippen LogP contribution >= 0.6 is 27.3 Å². The molecule has 0 bridgehead atoms. The predicted molar refractivity (Wildman–Crippen MR) is 67.6 cm³/mol. The van der Waals surface area contributed by atoms with Crippen LogP contribution in [0.1, 0.15) is 42.3 Å². The predicted octanol–water partition coefficient (Wildman–Crippen LogP) is 4.28.